The molecule has 3 aliphatic carbocycles. The summed E-state index contributed by atoms with van der Waals surface area (Å²) in [6, 6.07) is 187. The molecule has 0 aliphatic heterocycles. The summed E-state index contributed by atoms with van der Waals surface area (Å²) in [5.41, 5.74) is 48.1. The van der Waals surface area contributed by atoms with Gasteiger partial charge in [-0.1, -0.05) is 521 Å². The molecule has 150 heavy (non-hydrogen) atoms. The van der Waals surface area contributed by atoms with Gasteiger partial charge in [-0.05, 0) is 348 Å². The summed E-state index contributed by atoms with van der Waals surface area (Å²) < 4.78 is 0. The quantitative estimate of drug-likeness (QED) is 0.113. The van der Waals surface area contributed by atoms with Gasteiger partial charge in [0.25, 0.3) is 0 Å². The highest BCUT2D eigenvalue weighted by atomic mass is 14.4. The summed E-state index contributed by atoms with van der Waals surface area (Å²) in [6.45, 7) is 21.0. The Hall–Kier alpha value is -17.9. The average molecular weight is 1910 g/mol. The normalized spacial score (nSPS) is 13.1. The summed E-state index contributed by atoms with van der Waals surface area (Å²) >= 11 is 0. The van der Waals surface area contributed by atoms with E-state index in [2.05, 4.69) is 566 Å². The molecule has 0 saturated heterocycles. The summed E-state index contributed by atoms with van der Waals surface area (Å²) in [4.78, 5) is 0. The molecular weight excluding hydrogens is 1800 g/mol. The van der Waals surface area contributed by atoms with Gasteiger partial charge in [-0.15, -0.1) is 0 Å². The van der Waals surface area contributed by atoms with Gasteiger partial charge in [0.2, 0.25) is 0 Å². The Balaban J connectivity index is 0.000000111. The Bertz CT molecular complexity index is 10000. The average Bonchev–Trinajstić information content (AvgIpc) is 1.51. The van der Waals surface area contributed by atoms with Gasteiger partial charge in [-0.25, -0.2) is 0 Å². The van der Waals surface area contributed by atoms with Crippen molar-refractivity contribution in [1.29, 1.82) is 0 Å². The van der Waals surface area contributed by atoms with Crippen molar-refractivity contribution < 1.29 is 0 Å². The summed E-state index contributed by atoms with van der Waals surface area (Å²) in [5.74, 6) is 0. The molecule has 0 amide bonds. The SMILES string of the molecule is CC1(C)c2ccccc2-c2c(-c3c4ccccc4c(-c4cccc(-c5ccccc5)c4)c4ccc(-c5cccc6ccccc56)cc34)cccc21.CC1(C)c2ccccc2-c2c(-c3c4ccccc4c(-c4ccccc4-c4ccccc4)c4ccc(-c5cccc6ccccc56)cc34)cccc21.Cc1cc(-c2c3ccccc3c(-c3cccc4c3-c3ccccc3C4(C)C)c3cc(-c4cccc5ccccc45)ccc23)cc(C)c1C. The van der Waals surface area contributed by atoms with Gasteiger partial charge in [-0.3, -0.25) is 0 Å². The molecule has 0 N–H and O–H groups in total. The summed E-state index contributed by atoms with van der Waals surface area (Å²) in [7, 11) is 0. The zero-order chi connectivity index (χ0) is 101. The van der Waals surface area contributed by atoms with Crippen molar-refractivity contribution in [3.8, 4) is 156 Å². The summed E-state index contributed by atoms with van der Waals surface area (Å²) in [6.07, 6.45) is 0. The Morgan fingerprint density at radius 2 is 0.360 bits per heavy atom. The molecule has 710 valence electrons. The van der Waals surface area contributed by atoms with Gasteiger partial charge in [-0.2, -0.15) is 0 Å². The highest BCUT2D eigenvalue weighted by Gasteiger charge is 2.42. The highest BCUT2D eigenvalue weighted by molar-refractivity contribution is 6.28. The topological polar surface area (TPSA) is 0 Å². The van der Waals surface area contributed by atoms with E-state index in [1.807, 2.05) is 0 Å². The van der Waals surface area contributed by atoms with Crippen molar-refractivity contribution >= 4 is 97.0 Å². The molecule has 0 heterocycles. The van der Waals surface area contributed by atoms with Gasteiger partial charge in [0.15, 0.2) is 0 Å². The van der Waals surface area contributed by atoms with Gasteiger partial charge in [0.1, 0.15) is 0 Å². The smallest absolute Gasteiger partial charge is 0.0159 e. The van der Waals surface area contributed by atoms with Crippen LogP contribution in [0.2, 0.25) is 0 Å². The van der Waals surface area contributed by atoms with Gasteiger partial charge < -0.3 is 0 Å². The monoisotopic (exact) mass is 1910 g/mol. The molecule has 26 aromatic carbocycles. The number of aryl methyl sites for hydroxylation is 2. The number of benzene rings is 26. The molecule has 0 saturated carbocycles. The molecule has 29 rings (SSSR count). The molecule has 26 aromatic rings. The maximum atomic E-state index is 2.47. The first kappa shape index (κ1) is 90.8. The van der Waals surface area contributed by atoms with Crippen molar-refractivity contribution in [3.05, 3.63) is 554 Å². The Morgan fingerprint density at radius 3 is 0.740 bits per heavy atom. The van der Waals surface area contributed by atoms with E-state index in [1.165, 1.54) is 303 Å². The zero-order valence-electron chi connectivity index (χ0n) is 85.9. The van der Waals surface area contributed by atoms with E-state index in [4.69, 9.17) is 0 Å². The van der Waals surface area contributed by atoms with Crippen LogP contribution in [0.25, 0.3) is 253 Å². The molecule has 0 aromatic heterocycles. The van der Waals surface area contributed by atoms with E-state index < -0.39 is 0 Å². The molecular formula is C150H110. The molecule has 0 radical (unpaired) electrons. The minimum Gasteiger partial charge on any atom is -0.0622 e. The van der Waals surface area contributed by atoms with Crippen LogP contribution in [0.15, 0.2) is 504 Å². The fourth-order valence-electron chi connectivity index (χ4n) is 26.4. The number of rotatable bonds is 11. The van der Waals surface area contributed by atoms with Crippen molar-refractivity contribution in [2.75, 3.05) is 0 Å². The fourth-order valence-corrected chi connectivity index (χ4v) is 26.4. The lowest BCUT2D eigenvalue weighted by Crippen LogP contribution is -2.14. The van der Waals surface area contributed by atoms with Crippen molar-refractivity contribution in [2.24, 2.45) is 0 Å². The second-order valence-corrected chi connectivity index (χ2v) is 43.0. The molecule has 0 nitrogen and oxygen atoms in total. The molecule has 0 atom stereocenters. The van der Waals surface area contributed by atoms with Crippen LogP contribution in [0.3, 0.4) is 0 Å². The van der Waals surface area contributed by atoms with Crippen LogP contribution in [0.5, 0.6) is 0 Å². The Labute approximate surface area is 878 Å². The maximum absolute atomic E-state index is 2.47. The van der Waals surface area contributed by atoms with Crippen molar-refractivity contribution in [1.82, 2.24) is 0 Å². The highest BCUT2D eigenvalue weighted by Crippen LogP contribution is 2.61. The van der Waals surface area contributed by atoms with Crippen LogP contribution in [0.1, 0.15) is 91.6 Å². The lowest BCUT2D eigenvalue weighted by molar-refractivity contribution is 0.660. The third-order valence-corrected chi connectivity index (χ3v) is 33.8. The Morgan fingerprint density at radius 1 is 0.120 bits per heavy atom. The molecule has 0 bridgehead atoms. The molecule has 3 aliphatic rings. The van der Waals surface area contributed by atoms with Crippen LogP contribution in [-0.2, 0) is 16.2 Å². The second kappa shape index (κ2) is 36.0. The van der Waals surface area contributed by atoms with Gasteiger partial charge >= 0.3 is 0 Å². The number of hydrogen-bond donors (Lipinski definition) is 0. The van der Waals surface area contributed by atoms with Crippen LogP contribution >= 0.6 is 0 Å². The molecule has 0 fully saturated rings. The van der Waals surface area contributed by atoms with E-state index in [9.17, 15) is 0 Å². The minimum absolute atomic E-state index is 0.0709. The van der Waals surface area contributed by atoms with Gasteiger partial charge in [0.05, 0.1) is 0 Å². The first-order valence-electron chi connectivity index (χ1n) is 53.0. The molecule has 0 spiro atoms. The van der Waals surface area contributed by atoms with Crippen LogP contribution < -0.4 is 0 Å². The first-order valence-corrected chi connectivity index (χ1v) is 53.0. The van der Waals surface area contributed by atoms with E-state index in [0.717, 1.165) is 0 Å². The molecule has 0 heteroatoms. The van der Waals surface area contributed by atoms with Gasteiger partial charge in [0, 0.05) is 16.2 Å². The Kier molecular flexibility index (Phi) is 21.8. The second-order valence-electron chi connectivity index (χ2n) is 43.0. The third-order valence-electron chi connectivity index (χ3n) is 33.8. The van der Waals surface area contributed by atoms with Crippen LogP contribution in [0.4, 0.5) is 0 Å². The predicted octanol–water partition coefficient (Wildman–Crippen LogP) is 41.6. The third kappa shape index (κ3) is 14.6. The number of hydrogen-bond acceptors (Lipinski definition) is 0. The van der Waals surface area contributed by atoms with Crippen molar-refractivity contribution in [3.63, 3.8) is 0 Å². The number of fused-ring (bicyclic) bond motifs is 18. The van der Waals surface area contributed by atoms with Crippen molar-refractivity contribution in [2.45, 2.75) is 78.6 Å². The largest absolute Gasteiger partial charge is 0.0622 e. The fraction of sp³-hybridized carbons (Fsp3) is 0.0800. The minimum atomic E-state index is -0.0871. The van der Waals surface area contributed by atoms with E-state index >= 15 is 0 Å². The predicted molar refractivity (Wildman–Crippen MR) is 644 cm³/mol. The molecule has 0 unspecified atom stereocenters. The maximum Gasteiger partial charge on any atom is 0.0159 e. The van der Waals surface area contributed by atoms with E-state index in [1.54, 1.807) is 0 Å². The van der Waals surface area contributed by atoms with Crippen LogP contribution in [-0.4, -0.2) is 0 Å². The lowest BCUT2D eigenvalue weighted by atomic mass is 9.80. The lowest BCUT2D eigenvalue weighted by Gasteiger charge is -2.23. The zero-order valence-corrected chi connectivity index (χ0v) is 85.9. The van der Waals surface area contributed by atoms with E-state index in [0.29, 0.717) is 0 Å². The summed E-state index contributed by atoms with van der Waals surface area (Å²) in [5, 5.41) is 22.9. The first-order chi connectivity index (χ1) is 73.5. The standard InChI is InChI=1S/2C51H36.C48H38/c1-51(2)46-27-11-10-24-43(46)50-44(26-14-28-47(50)51)49-41-23-9-8-22-40(41)48(37-20-12-19-35(31-37)33-15-4-3-5-16-33)42-30-29-36(32-45(42)49)39-25-13-18-34-17-6-7-21-38(34)39;1-51(2)46-28-13-12-25-43(46)50-44(27-15-29-47(50)51)49-41-24-11-10-23-40(41)48(39-22-9-8-21-37(39)33-16-4-3-5-17-33)42-31-30-35(32-45(42)49)38-26-14-19-34-18-6-7-20-36(34)38;1-29-26-34(27-30(2)31(29)3)45-37-17-8-9-18-38(37)46(41-21-13-23-44-47(41)40-19-10-11-22-43(40)48(44,4)5)42-28-33(24-25-39(42)45)36-20-12-15-32-14-6-7-16-35(32)36/h2*3-32H,1-2H3;6-28H,1-5H3. The van der Waals surface area contributed by atoms with E-state index in [-0.39, 0.29) is 16.2 Å². The van der Waals surface area contributed by atoms with Crippen LogP contribution in [0, 0.1) is 20.8 Å².